The van der Waals surface area contributed by atoms with Gasteiger partial charge in [-0.1, -0.05) is 19.1 Å². The van der Waals surface area contributed by atoms with E-state index < -0.39 is 10.0 Å². The molecule has 5 nitrogen and oxygen atoms in total. The van der Waals surface area contributed by atoms with Crippen molar-refractivity contribution in [3.63, 3.8) is 0 Å². The highest BCUT2D eigenvalue weighted by molar-refractivity contribution is 7.89. The highest BCUT2D eigenvalue weighted by Gasteiger charge is 2.31. The zero-order chi connectivity index (χ0) is 15.6. The molecule has 1 fully saturated rings. The predicted molar refractivity (Wildman–Crippen MR) is 84.5 cm³/mol. The molecule has 1 aromatic rings. The molecule has 1 saturated heterocycles. The van der Waals surface area contributed by atoms with Crippen LogP contribution in [0.1, 0.15) is 32.4 Å². The monoisotopic (exact) mass is 311 g/mol. The maximum atomic E-state index is 12.8. The summed E-state index contributed by atoms with van der Waals surface area (Å²) < 4.78 is 27.1. The fourth-order valence-electron chi connectivity index (χ4n) is 2.76. The summed E-state index contributed by atoms with van der Waals surface area (Å²) >= 11 is 0. The molecule has 118 valence electrons. The zero-order valence-corrected chi connectivity index (χ0v) is 13.8. The van der Waals surface area contributed by atoms with Crippen LogP contribution in [-0.2, 0) is 10.0 Å². The second-order valence-electron chi connectivity index (χ2n) is 5.70. The van der Waals surface area contributed by atoms with Crippen LogP contribution in [0, 0.1) is 0 Å². The average molecular weight is 311 g/mol. The summed E-state index contributed by atoms with van der Waals surface area (Å²) in [6, 6.07) is 7.04. The number of piperazine rings is 1. The summed E-state index contributed by atoms with van der Waals surface area (Å²) in [4.78, 5) is 2.64. The number of benzene rings is 1. The Balaban J connectivity index is 2.24. The van der Waals surface area contributed by atoms with Crippen molar-refractivity contribution in [3.05, 3.63) is 29.8 Å². The summed E-state index contributed by atoms with van der Waals surface area (Å²) in [5.74, 6) is 0. The van der Waals surface area contributed by atoms with Gasteiger partial charge in [0.2, 0.25) is 10.0 Å². The van der Waals surface area contributed by atoms with Crippen LogP contribution in [0.15, 0.2) is 29.2 Å². The lowest BCUT2D eigenvalue weighted by molar-refractivity contribution is 0.135. The summed E-state index contributed by atoms with van der Waals surface area (Å²) in [6.07, 6.45) is 0. The van der Waals surface area contributed by atoms with Gasteiger partial charge in [0.1, 0.15) is 0 Å². The first-order valence-corrected chi connectivity index (χ1v) is 8.90. The minimum Gasteiger partial charge on any atom is -0.324 e. The standard InChI is InChI=1S/C15H25N3O2S/c1-4-17-8-9-18(11-12(17)2)21(19,20)15-7-5-6-14(10-15)13(3)16/h5-7,10,12-13H,4,8-9,11,16H2,1-3H3. The Morgan fingerprint density at radius 1 is 1.38 bits per heavy atom. The van der Waals surface area contributed by atoms with E-state index in [1.165, 1.54) is 0 Å². The lowest BCUT2D eigenvalue weighted by Gasteiger charge is -2.38. The molecule has 2 rings (SSSR count). The van der Waals surface area contributed by atoms with E-state index >= 15 is 0 Å². The minimum absolute atomic E-state index is 0.170. The fraction of sp³-hybridized carbons (Fsp3) is 0.600. The van der Waals surface area contributed by atoms with Crippen molar-refractivity contribution in [2.24, 2.45) is 5.73 Å². The summed E-state index contributed by atoms with van der Waals surface area (Å²) in [5.41, 5.74) is 6.69. The minimum atomic E-state index is -3.43. The number of sulfonamides is 1. The lowest BCUT2D eigenvalue weighted by atomic mass is 10.1. The van der Waals surface area contributed by atoms with Crippen molar-refractivity contribution < 1.29 is 8.42 Å². The maximum Gasteiger partial charge on any atom is 0.243 e. The number of likely N-dealkylation sites (N-methyl/N-ethyl adjacent to an activating group) is 1. The lowest BCUT2D eigenvalue weighted by Crippen LogP contribution is -2.53. The van der Waals surface area contributed by atoms with Gasteiger partial charge in [-0.15, -0.1) is 0 Å². The molecule has 0 saturated carbocycles. The third-order valence-electron chi connectivity index (χ3n) is 4.16. The van der Waals surface area contributed by atoms with E-state index in [2.05, 4.69) is 18.7 Å². The molecule has 6 heteroatoms. The van der Waals surface area contributed by atoms with E-state index in [1.54, 1.807) is 22.5 Å². The molecule has 0 spiro atoms. The number of hydrogen-bond donors (Lipinski definition) is 1. The molecule has 2 atom stereocenters. The van der Waals surface area contributed by atoms with Crippen LogP contribution in [0.2, 0.25) is 0 Å². The average Bonchev–Trinajstić information content (AvgIpc) is 2.47. The second-order valence-corrected chi connectivity index (χ2v) is 7.64. The molecule has 0 aromatic heterocycles. The third kappa shape index (κ3) is 3.45. The van der Waals surface area contributed by atoms with Crippen molar-refractivity contribution in [1.82, 2.24) is 9.21 Å². The fourth-order valence-corrected chi connectivity index (χ4v) is 4.32. The molecule has 0 bridgehead atoms. The van der Waals surface area contributed by atoms with E-state index in [4.69, 9.17) is 5.73 Å². The largest absolute Gasteiger partial charge is 0.324 e. The second kappa shape index (κ2) is 6.44. The molecule has 2 unspecified atom stereocenters. The van der Waals surface area contributed by atoms with Crippen LogP contribution in [0.3, 0.4) is 0 Å². The van der Waals surface area contributed by atoms with Crippen molar-refractivity contribution >= 4 is 10.0 Å². The molecule has 1 heterocycles. The van der Waals surface area contributed by atoms with E-state index in [1.807, 2.05) is 13.0 Å². The number of nitrogens with two attached hydrogens (primary N) is 1. The van der Waals surface area contributed by atoms with Gasteiger partial charge in [0.05, 0.1) is 4.90 Å². The van der Waals surface area contributed by atoms with Crippen LogP contribution in [0.25, 0.3) is 0 Å². The third-order valence-corrected chi connectivity index (χ3v) is 6.02. The summed E-state index contributed by atoms with van der Waals surface area (Å²) in [7, 11) is -3.43. The van der Waals surface area contributed by atoms with Crippen LogP contribution >= 0.6 is 0 Å². The van der Waals surface area contributed by atoms with Gasteiger partial charge in [-0.05, 0) is 38.1 Å². The molecule has 0 aliphatic carbocycles. The van der Waals surface area contributed by atoms with Gasteiger partial charge in [0.25, 0.3) is 0 Å². The number of hydrogen-bond acceptors (Lipinski definition) is 4. The van der Waals surface area contributed by atoms with Crippen LogP contribution in [-0.4, -0.2) is 49.8 Å². The molecule has 21 heavy (non-hydrogen) atoms. The Hall–Kier alpha value is -0.950. The zero-order valence-electron chi connectivity index (χ0n) is 13.0. The molecule has 1 aliphatic heterocycles. The molecule has 0 amide bonds. The van der Waals surface area contributed by atoms with E-state index in [0.717, 1.165) is 18.7 Å². The van der Waals surface area contributed by atoms with Crippen molar-refractivity contribution in [2.75, 3.05) is 26.2 Å². The quantitative estimate of drug-likeness (QED) is 0.913. The molecular formula is C15H25N3O2S. The van der Waals surface area contributed by atoms with Gasteiger partial charge in [0, 0.05) is 31.7 Å². The first-order valence-electron chi connectivity index (χ1n) is 7.46. The smallest absolute Gasteiger partial charge is 0.243 e. The summed E-state index contributed by atoms with van der Waals surface area (Å²) in [5, 5.41) is 0. The molecule has 2 N–H and O–H groups in total. The first-order chi connectivity index (χ1) is 9.86. The van der Waals surface area contributed by atoms with Gasteiger partial charge in [-0.25, -0.2) is 8.42 Å². The molecular weight excluding hydrogens is 286 g/mol. The molecule has 0 radical (unpaired) electrons. The SMILES string of the molecule is CCN1CCN(S(=O)(=O)c2cccc(C(C)N)c2)CC1C. The highest BCUT2D eigenvalue weighted by Crippen LogP contribution is 2.22. The predicted octanol–water partition coefficient (Wildman–Crippen LogP) is 1.42. The van der Waals surface area contributed by atoms with Crippen molar-refractivity contribution in [3.8, 4) is 0 Å². The van der Waals surface area contributed by atoms with Crippen LogP contribution in [0.4, 0.5) is 0 Å². The Morgan fingerprint density at radius 2 is 2.10 bits per heavy atom. The number of rotatable bonds is 4. The number of nitrogens with zero attached hydrogens (tertiary/aromatic N) is 2. The van der Waals surface area contributed by atoms with Gasteiger partial charge >= 0.3 is 0 Å². The Bertz CT molecular complexity index is 586. The first kappa shape index (κ1) is 16.4. The Kier molecular flexibility index (Phi) is 5.03. The molecule has 1 aliphatic rings. The van der Waals surface area contributed by atoms with Gasteiger partial charge in [-0.3, -0.25) is 4.90 Å². The van der Waals surface area contributed by atoms with Gasteiger partial charge in [0.15, 0.2) is 0 Å². The topological polar surface area (TPSA) is 66.6 Å². The van der Waals surface area contributed by atoms with Gasteiger partial charge < -0.3 is 5.73 Å². The highest BCUT2D eigenvalue weighted by atomic mass is 32.2. The van der Waals surface area contributed by atoms with Crippen molar-refractivity contribution in [2.45, 2.75) is 37.8 Å². The van der Waals surface area contributed by atoms with Crippen molar-refractivity contribution in [1.29, 1.82) is 0 Å². The Labute approximate surface area is 127 Å². The Morgan fingerprint density at radius 3 is 2.67 bits per heavy atom. The summed E-state index contributed by atoms with van der Waals surface area (Å²) in [6.45, 7) is 8.85. The molecule has 1 aromatic carbocycles. The van der Waals surface area contributed by atoms with E-state index in [-0.39, 0.29) is 12.1 Å². The van der Waals surface area contributed by atoms with E-state index in [0.29, 0.717) is 18.0 Å². The van der Waals surface area contributed by atoms with E-state index in [9.17, 15) is 8.42 Å². The maximum absolute atomic E-state index is 12.8. The van der Waals surface area contributed by atoms with Gasteiger partial charge in [-0.2, -0.15) is 4.31 Å². The normalized spacial score (nSPS) is 23.1. The van der Waals surface area contributed by atoms with Crippen LogP contribution in [0.5, 0.6) is 0 Å². The van der Waals surface area contributed by atoms with Crippen LogP contribution < -0.4 is 5.73 Å².